The minimum Gasteiger partial charge on any atom is -0.321 e. The van der Waals surface area contributed by atoms with Crippen molar-refractivity contribution in [2.75, 3.05) is 5.32 Å². The van der Waals surface area contributed by atoms with Crippen LogP contribution in [0.1, 0.15) is 28.2 Å². The summed E-state index contributed by atoms with van der Waals surface area (Å²) in [6.07, 6.45) is 2.16. The zero-order valence-corrected chi connectivity index (χ0v) is 14.5. The molecule has 0 fully saturated rings. The summed E-state index contributed by atoms with van der Waals surface area (Å²) in [6, 6.07) is 8.91. The predicted molar refractivity (Wildman–Crippen MR) is 96.6 cm³/mol. The van der Waals surface area contributed by atoms with Crippen molar-refractivity contribution in [1.82, 2.24) is 9.78 Å². The van der Waals surface area contributed by atoms with E-state index in [4.69, 9.17) is 0 Å². The molecular weight excluding hydrogens is 370 g/mol. The predicted octanol–water partition coefficient (Wildman–Crippen LogP) is 3.80. The molecule has 0 aliphatic heterocycles. The Morgan fingerprint density at radius 1 is 1.11 bits per heavy atom. The second kappa shape index (κ2) is 6.84. The number of amides is 1. The van der Waals surface area contributed by atoms with E-state index in [1.54, 1.807) is 0 Å². The molecule has 1 heterocycles. The van der Waals surface area contributed by atoms with Crippen molar-refractivity contribution in [3.8, 4) is 5.69 Å². The Morgan fingerprint density at radius 3 is 2.54 bits per heavy atom. The summed E-state index contributed by atoms with van der Waals surface area (Å²) in [5.74, 6) is -2.41. The van der Waals surface area contributed by atoms with Crippen LogP contribution in [0.3, 0.4) is 0 Å². The zero-order valence-electron chi connectivity index (χ0n) is 14.5. The van der Waals surface area contributed by atoms with Gasteiger partial charge >= 0.3 is 0 Å². The van der Waals surface area contributed by atoms with Crippen LogP contribution in [0.5, 0.6) is 0 Å². The first-order chi connectivity index (χ1) is 13.4. The van der Waals surface area contributed by atoms with E-state index in [1.807, 2.05) is 0 Å². The Bertz CT molecular complexity index is 1090. The summed E-state index contributed by atoms with van der Waals surface area (Å²) in [5.41, 5.74) is 2.41. The van der Waals surface area contributed by atoms with Crippen molar-refractivity contribution >= 4 is 17.3 Å². The number of rotatable bonds is 4. The summed E-state index contributed by atoms with van der Waals surface area (Å²) in [6.45, 7) is 0. The summed E-state index contributed by atoms with van der Waals surface area (Å²) in [5, 5.41) is 17.7. The fourth-order valence-corrected chi connectivity index (χ4v) is 3.31. The maximum atomic E-state index is 13.6. The molecule has 0 saturated carbocycles. The zero-order chi connectivity index (χ0) is 19.8. The lowest BCUT2D eigenvalue weighted by Crippen LogP contribution is -2.15. The van der Waals surface area contributed by atoms with Crippen LogP contribution in [-0.2, 0) is 12.8 Å². The lowest BCUT2D eigenvalue weighted by atomic mass is 10.2. The first-order valence-electron chi connectivity index (χ1n) is 8.56. The molecule has 7 nitrogen and oxygen atoms in total. The molecule has 1 N–H and O–H groups in total. The number of halogens is 2. The Labute approximate surface area is 157 Å². The number of aromatic nitrogens is 2. The highest BCUT2D eigenvalue weighted by atomic mass is 19.2. The molecule has 1 amide bonds. The Balaban J connectivity index is 1.65. The first-order valence-corrected chi connectivity index (χ1v) is 8.56. The number of hydrogen-bond donors (Lipinski definition) is 1. The molecule has 1 aromatic heterocycles. The van der Waals surface area contributed by atoms with Crippen molar-refractivity contribution in [1.29, 1.82) is 0 Å². The van der Waals surface area contributed by atoms with Crippen molar-refractivity contribution in [3.63, 3.8) is 0 Å². The van der Waals surface area contributed by atoms with Gasteiger partial charge in [0.1, 0.15) is 0 Å². The normalized spacial score (nSPS) is 12.6. The van der Waals surface area contributed by atoms with Gasteiger partial charge in [0.05, 0.1) is 10.6 Å². The van der Waals surface area contributed by atoms with Gasteiger partial charge in [-0.1, -0.05) is 0 Å². The third-order valence-electron chi connectivity index (χ3n) is 4.63. The van der Waals surface area contributed by atoms with Crippen LogP contribution in [0.4, 0.5) is 20.2 Å². The van der Waals surface area contributed by atoms with Crippen LogP contribution in [-0.4, -0.2) is 20.6 Å². The van der Waals surface area contributed by atoms with E-state index in [-0.39, 0.29) is 11.4 Å². The van der Waals surface area contributed by atoms with Crippen LogP contribution < -0.4 is 5.32 Å². The molecule has 0 atom stereocenters. The molecule has 4 rings (SSSR count). The molecule has 0 unspecified atom stereocenters. The SMILES string of the molecule is O=C(Nc1ccc([N+](=O)[O-])cc1)c1nn(-c2ccc(F)c(F)c2)c2c1CCC2. The van der Waals surface area contributed by atoms with Gasteiger partial charge in [-0.3, -0.25) is 14.9 Å². The largest absolute Gasteiger partial charge is 0.321 e. The second-order valence-corrected chi connectivity index (χ2v) is 6.40. The number of carbonyl (C=O) groups is 1. The molecule has 142 valence electrons. The molecule has 1 aliphatic rings. The lowest BCUT2D eigenvalue weighted by Gasteiger charge is -2.06. The maximum Gasteiger partial charge on any atom is 0.276 e. The molecular formula is C19H14F2N4O3. The van der Waals surface area contributed by atoms with Crippen LogP contribution in [0, 0.1) is 21.7 Å². The van der Waals surface area contributed by atoms with Crippen molar-refractivity contribution in [2.45, 2.75) is 19.3 Å². The summed E-state index contributed by atoms with van der Waals surface area (Å²) < 4.78 is 28.3. The molecule has 1 aliphatic carbocycles. The number of carbonyl (C=O) groups excluding carboxylic acids is 1. The summed E-state index contributed by atoms with van der Waals surface area (Å²) in [4.78, 5) is 22.9. The van der Waals surface area contributed by atoms with Gasteiger partial charge in [-0.2, -0.15) is 5.10 Å². The van der Waals surface area contributed by atoms with Gasteiger partial charge < -0.3 is 5.32 Å². The molecule has 0 spiro atoms. The average Bonchev–Trinajstić information content (AvgIpc) is 3.27. The van der Waals surface area contributed by atoms with Gasteiger partial charge in [-0.25, -0.2) is 13.5 Å². The third kappa shape index (κ3) is 3.11. The quantitative estimate of drug-likeness (QED) is 0.547. The topological polar surface area (TPSA) is 90.1 Å². The number of nitrogens with zero attached hydrogens (tertiary/aromatic N) is 3. The number of nitro benzene ring substituents is 1. The van der Waals surface area contributed by atoms with E-state index < -0.39 is 22.5 Å². The minimum absolute atomic E-state index is 0.0819. The lowest BCUT2D eigenvalue weighted by molar-refractivity contribution is -0.384. The van der Waals surface area contributed by atoms with Gasteiger partial charge in [0.2, 0.25) is 0 Å². The van der Waals surface area contributed by atoms with E-state index in [2.05, 4.69) is 10.4 Å². The van der Waals surface area contributed by atoms with E-state index in [0.29, 0.717) is 24.2 Å². The minimum atomic E-state index is -0.989. The summed E-state index contributed by atoms with van der Waals surface area (Å²) in [7, 11) is 0. The van der Waals surface area contributed by atoms with Crippen LogP contribution in [0.2, 0.25) is 0 Å². The number of non-ortho nitro benzene ring substituents is 1. The Morgan fingerprint density at radius 2 is 1.86 bits per heavy atom. The van der Waals surface area contributed by atoms with E-state index in [9.17, 15) is 23.7 Å². The number of nitrogens with one attached hydrogen (secondary N) is 1. The van der Waals surface area contributed by atoms with E-state index in [0.717, 1.165) is 29.8 Å². The van der Waals surface area contributed by atoms with Crippen LogP contribution in [0.15, 0.2) is 42.5 Å². The number of benzene rings is 2. The summed E-state index contributed by atoms with van der Waals surface area (Å²) >= 11 is 0. The standard InChI is InChI=1S/C19H14F2N4O3/c20-15-9-8-13(10-16(15)21)24-17-3-1-2-14(17)18(23-24)19(26)22-11-4-6-12(7-5-11)25(27)28/h4-10H,1-3H2,(H,22,26). The molecule has 0 bridgehead atoms. The van der Waals surface area contributed by atoms with E-state index >= 15 is 0 Å². The van der Waals surface area contributed by atoms with Gasteiger partial charge in [0.25, 0.3) is 11.6 Å². The first kappa shape index (κ1) is 17.8. The highest BCUT2D eigenvalue weighted by Gasteiger charge is 2.27. The van der Waals surface area contributed by atoms with Gasteiger partial charge in [-0.15, -0.1) is 0 Å². The van der Waals surface area contributed by atoms with Crippen LogP contribution in [0.25, 0.3) is 5.69 Å². The van der Waals surface area contributed by atoms with Gasteiger partial charge in [0, 0.05) is 35.1 Å². The van der Waals surface area contributed by atoms with Crippen LogP contribution >= 0.6 is 0 Å². The molecule has 28 heavy (non-hydrogen) atoms. The number of hydrogen-bond acceptors (Lipinski definition) is 4. The molecule has 3 aromatic rings. The highest BCUT2D eigenvalue weighted by molar-refractivity contribution is 6.04. The average molecular weight is 384 g/mol. The van der Waals surface area contributed by atoms with Crippen molar-refractivity contribution in [3.05, 3.63) is 81.2 Å². The van der Waals surface area contributed by atoms with Crippen molar-refractivity contribution in [2.24, 2.45) is 0 Å². The highest BCUT2D eigenvalue weighted by Crippen LogP contribution is 2.29. The Hall–Kier alpha value is -3.62. The molecule has 2 aromatic carbocycles. The maximum absolute atomic E-state index is 13.6. The number of fused-ring (bicyclic) bond motifs is 1. The van der Waals surface area contributed by atoms with Gasteiger partial charge in [0.15, 0.2) is 17.3 Å². The Kier molecular flexibility index (Phi) is 4.34. The second-order valence-electron chi connectivity index (χ2n) is 6.40. The number of nitro groups is 1. The third-order valence-corrected chi connectivity index (χ3v) is 4.63. The molecule has 0 saturated heterocycles. The van der Waals surface area contributed by atoms with Gasteiger partial charge in [-0.05, 0) is 43.5 Å². The molecule has 0 radical (unpaired) electrons. The molecule has 9 heteroatoms. The fraction of sp³-hybridized carbons (Fsp3) is 0.158. The smallest absolute Gasteiger partial charge is 0.276 e. The van der Waals surface area contributed by atoms with E-state index in [1.165, 1.54) is 35.0 Å². The number of anilines is 1. The monoisotopic (exact) mass is 384 g/mol. The van der Waals surface area contributed by atoms with Crippen molar-refractivity contribution < 1.29 is 18.5 Å². The fourth-order valence-electron chi connectivity index (χ4n) is 3.31.